The molecule has 0 aliphatic heterocycles. The summed E-state index contributed by atoms with van der Waals surface area (Å²) >= 11 is 1.59. The van der Waals surface area contributed by atoms with Crippen LogP contribution in [-0.4, -0.2) is 11.0 Å². The summed E-state index contributed by atoms with van der Waals surface area (Å²) in [5, 5.41) is 6.71. The third-order valence-electron chi connectivity index (χ3n) is 2.74. The zero-order valence-electron chi connectivity index (χ0n) is 11.1. The van der Waals surface area contributed by atoms with Gasteiger partial charge in [-0.15, -0.1) is 11.3 Å². The Morgan fingerprint density at radius 3 is 2.84 bits per heavy atom. The Morgan fingerprint density at radius 2 is 2.16 bits per heavy atom. The molecular formula is C14H17N3OS. The van der Waals surface area contributed by atoms with Crippen molar-refractivity contribution in [2.24, 2.45) is 0 Å². The van der Waals surface area contributed by atoms with Crippen LogP contribution in [-0.2, 0) is 13.0 Å². The number of para-hydroxylation sites is 1. The van der Waals surface area contributed by atoms with Crippen LogP contribution in [0.3, 0.4) is 0 Å². The van der Waals surface area contributed by atoms with Crippen LogP contribution in [0.4, 0.5) is 10.5 Å². The number of hydrogen-bond acceptors (Lipinski definition) is 3. The summed E-state index contributed by atoms with van der Waals surface area (Å²) in [6.45, 7) is 4.52. The maximum atomic E-state index is 11.8. The van der Waals surface area contributed by atoms with Crippen LogP contribution in [0.25, 0.3) is 0 Å². The van der Waals surface area contributed by atoms with Crippen LogP contribution < -0.4 is 10.6 Å². The molecule has 4 nitrogen and oxygen atoms in total. The van der Waals surface area contributed by atoms with Crippen LogP contribution in [0.5, 0.6) is 0 Å². The standard InChI is InChI=1S/C14H17N3OS/c1-3-11-6-4-5-7-13(11)17-14(18)16-9-12-8-15-10(2)19-12/h4-8H,3,9H2,1-2H3,(H2,16,17,18). The molecule has 100 valence electrons. The fourth-order valence-electron chi connectivity index (χ4n) is 1.77. The van der Waals surface area contributed by atoms with E-state index in [0.717, 1.165) is 27.6 Å². The lowest BCUT2D eigenvalue weighted by molar-refractivity contribution is 0.252. The van der Waals surface area contributed by atoms with E-state index in [1.165, 1.54) is 0 Å². The van der Waals surface area contributed by atoms with Crippen molar-refractivity contribution >= 4 is 23.1 Å². The molecule has 1 heterocycles. The van der Waals surface area contributed by atoms with Gasteiger partial charge in [0.05, 0.1) is 11.6 Å². The molecule has 2 rings (SSSR count). The summed E-state index contributed by atoms with van der Waals surface area (Å²) < 4.78 is 0. The highest BCUT2D eigenvalue weighted by atomic mass is 32.1. The smallest absolute Gasteiger partial charge is 0.319 e. The number of benzene rings is 1. The number of amides is 2. The van der Waals surface area contributed by atoms with E-state index in [1.54, 1.807) is 17.5 Å². The Bertz CT molecular complexity index is 565. The number of hydrogen-bond donors (Lipinski definition) is 2. The summed E-state index contributed by atoms with van der Waals surface area (Å²) in [4.78, 5) is 17.0. The third kappa shape index (κ3) is 3.79. The van der Waals surface area contributed by atoms with Gasteiger partial charge < -0.3 is 10.6 Å². The van der Waals surface area contributed by atoms with Crippen molar-refractivity contribution in [2.75, 3.05) is 5.32 Å². The van der Waals surface area contributed by atoms with Gasteiger partial charge in [-0.05, 0) is 25.0 Å². The Kier molecular flexibility index (Phi) is 4.52. The summed E-state index contributed by atoms with van der Waals surface area (Å²) in [6, 6.07) is 7.63. The van der Waals surface area contributed by atoms with Gasteiger partial charge in [-0.2, -0.15) is 0 Å². The first-order chi connectivity index (χ1) is 9.19. The number of aromatic nitrogens is 1. The number of carbonyl (C=O) groups excluding carboxylic acids is 1. The minimum atomic E-state index is -0.188. The monoisotopic (exact) mass is 275 g/mol. The predicted molar refractivity (Wildman–Crippen MR) is 78.5 cm³/mol. The van der Waals surface area contributed by atoms with E-state index in [-0.39, 0.29) is 6.03 Å². The number of nitrogens with one attached hydrogen (secondary N) is 2. The lowest BCUT2D eigenvalue weighted by atomic mass is 10.1. The molecule has 0 aliphatic rings. The van der Waals surface area contributed by atoms with E-state index in [9.17, 15) is 4.79 Å². The predicted octanol–water partition coefficient (Wildman–Crippen LogP) is 3.34. The van der Waals surface area contributed by atoms with E-state index >= 15 is 0 Å². The van der Waals surface area contributed by atoms with Crippen molar-refractivity contribution in [3.8, 4) is 0 Å². The molecule has 0 atom stereocenters. The molecule has 0 saturated carbocycles. The van der Waals surface area contributed by atoms with Gasteiger partial charge in [0.2, 0.25) is 0 Å². The minimum Gasteiger partial charge on any atom is -0.333 e. The summed E-state index contributed by atoms with van der Waals surface area (Å²) in [6.07, 6.45) is 2.69. The highest BCUT2D eigenvalue weighted by molar-refractivity contribution is 7.11. The molecule has 0 unspecified atom stereocenters. The van der Waals surface area contributed by atoms with E-state index in [2.05, 4.69) is 22.5 Å². The molecular weight excluding hydrogens is 258 g/mol. The van der Waals surface area contributed by atoms with E-state index < -0.39 is 0 Å². The summed E-state index contributed by atoms with van der Waals surface area (Å²) in [5.41, 5.74) is 1.99. The Morgan fingerprint density at radius 1 is 1.37 bits per heavy atom. The third-order valence-corrected chi connectivity index (χ3v) is 3.65. The Balaban J connectivity index is 1.90. The molecule has 19 heavy (non-hydrogen) atoms. The highest BCUT2D eigenvalue weighted by Gasteiger charge is 2.05. The van der Waals surface area contributed by atoms with Gasteiger partial charge in [0.25, 0.3) is 0 Å². The highest BCUT2D eigenvalue weighted by Crippen LogP contribution is 2.15. The van der Waals surface area contributed by atoms with Gasteiger partial charge in [0.15, 0.2) is 0 Å². The normalized spacial score (nSPS) is 10.2. The molecule has 0 spiro atoms. The average Bonchev–Trinajstić information content (AvgIpc) is 2.83. The van der Waals surface area contributed by atoms with Crippen molar-refractivity contribution < 1.29 is 4.79 Å². The summed E-state index contributed by atoms with van der Waals surface area (Å²) in [7, 11) is 0. The van der Waals surface area contributed by atoms with E-state index in [0.29, 0.717) is 6.54 Å². The van der Waals surface area contributed by atoms with Gasteiger partial charge in [-0.3, -0.25) is 0 Å². The number of carbonyl (C=O) groups is 1. The second-order valence-corrected chi connectivity index (χ2v) is 5.48. The largest absolute Gasteiger partial charge is 0.333 e. The van der Waals surface area contributed by atoms with Crippen LogP contribution in [0.15, 0.2) is 30.5 Å². The second kappa shape index (κ2) is 6.33. The topological polar surface area (TPSA) is 54.0 Å². The van der Waals surface area contributed by atoms with Crippen LogP contribution in [0, 0.1) is 6.92 Å². The molecule has 1 aromatic heterocycles. The van der Waals surface area contributed by atoms with Crippen molar-refractivity contribution in [1.82, 2.24) is 10.3 Å². The second-order valence-electron chi connectivity index (χ2n) is 4.16. The number of nitrogens with zero attached hydrogens (tertiary/aromatic N) is 1. The Hall–Kier alpha value is -1.88. The first-order valence-corrected chi connectivity index (χ1v) is 7.04. The summed E-state index contributed by atoms with van der Waals surface area (Å²) in [5.74, 6) is 0. The molecule has 0 fully saturated rings. The van der Waals surface area contributed by atoms with Gasteiger partial charge >= 0.3 is 6.03 Å². The number of urea groups is 1. The van der Waals surface area contributed by atoms with Gasteiger partial charge in [-0.25, -0.2) is 9.78 Å². The van der Waals surface area contributed by atoms with Crippen LogP contribution >= 0.6 is 11.3 Å². The fourth-order valence-corrected chi connectivity index (χ4v) is 2.51. The zero-order chi connectivity index (χ0) is 13.7. The Labute approximate surface area is 116 Å². The first kappa shape index (κ1) is 13.5. The van der Waals surface area contributed by atoms with Crippen molar-refractivity contribution in [2.45, 2.75) is 26.8 Å². The molecule has 2 amide bonds. The minimum absolute atomic E-state index is 0.188. The van der Waals surface area contributed by atoms with Gasteiger partial charge in [-0.1, -0.05) is 25.1 Å². The number of aryl methyl sites for hydroxylation is 2. The number of anilines is 1. The lowest BCUT2D eigenvalue weighted by Gasteiger charge is -2.10. The van der Waals surface area contributed by atoms with Crippen LogP contribution in [0.1, 0.15) is 22.4 Å². The first-order valence-electron chi connectivity index (χ1n) is 6.23. The van der Waals surface area contributed by atoms with E-state index in [4.69, 9.17) is 0 Å². The molecule has 5 heteroatoms. The average molecular weight is 275 g/mol. The fraction of sp³-hybridized carbons (Fsp3) is 0.286. The molecule has 2 aromatic rings. The van der Waals surface area contributed by atoms with Crippen molar-refractivity contribution in [1.29, 1.82) is 0 Å². The quantitative estimate of drug-likeness (QED) is 0.899. The number of rotatable bonds is 4. The maximum absolute atomic E-state index is 11.8. The molecule has 0 aliphatic carbocycles. The van der Waals surface area contributed by atoms with Gasteiger partial charge in [0.1, 0.15) is 0 Å². The van der Waals surface area contributed by atoms with E-state index in [1.807, 2.05) is 31.2 Å². The van der Waals surface area contributed by atoms with Crippen molar-refractivity contribution in [3.63, 3.8) is 0 Å². The number of thiazole rings is 1. The molecule has 0 bridgehead atoms. The van der Waals surface area contributed by atoms with Gasteiger partial charge in [0, 0.05) is 16.8 Å². The molecule has 0 saturated heterocycles. The SMILES string of the molecule is CCc1ccccc1NC(=O)NCc1cnc(C)s1. The zero-order valence-corrected chi connectivity index (χ0v) is 11.9. The molecule has 2 N–H and O–H groups in total. The molecule has 1 aromatic carbocycles. The maximum Gasteiger partial charge on any atom is 0.319 e. The molecule has 0 radical (unpaired) electrons. The lowest BCUT2D eigenvalue weighted by Crippen LogP contribution is -2.28. The van der Waals surface area contributed by atoms with Crippen LogP contribution in [0.2, 0.25) is 0 Å². The van der Waals surface area contributed by atoms with Crippen molar-refractivity contribution in [3.05, 3.63) is 45.9 Å².